The molecule has 0 saturated carbocycles. The summed E-state index contributed by atoms with van der Waals surface area (Å²) in [7, 11) is -1.32. The van der Waals surface area contributed by atoms with Gasteiger partial charge in [0.25, 0.3) is 11.8 Å². The molecule has 13 heteroatoms. The van der Waals surface area contributed by atoms with Crippen LogP contribution in [-0.2, 0) is 22.8 Å². The van der Waals surface area contributed by atoms with Crippen molar-refractivity contribution in [3.05, 3.63) is 50.6 Å². The first kappa shape index (κ1) is 25.9. The minimum Gasteiger partial charge on any atom is -0.351 e. The summed E-state index contributed by atoms with van der Waals surface area (Å²) in [5.41, 5.74) is 2.03. The average molecular weight is 559 g/mol. The summed E-state index contributed by atoms with van der Waals surface area (Å²) in [6, 6.07) is 5.69. The van der Waals surface area contributed by atoms with E-state index in [1.54, 1.807) is 24.3 Å². The Hall–Kier alpha value is -2.18. The highest BCUT2D eigenvalue weighted by molar-refractivity contribution is 7.91. The Morgan fingerprint density at radius 3 is 2.77 bits per heavy atom. The van der Waals surface area contributed by atoms with E-state index in [1.165, 1.54) is 11.3 Å². The summed E-state index contributed by atoms with van der Waals surface area (Å²) in [5.74, 6) is -1.07. The highest BCUT2D eigenvalue weighted by atomic mass is 35.5. The lowest BCUT2D eigenvalue weighted by Crippen LogP contribution is -2.58. The van der Waals surface area contributed by atoms with Crippen molar-refractivity contribution < 1.29 is 18.0 Å². The molecule has 2 aromatic heterocycles. The molecule has 188 valence electrons. The molecule has 2 atom stereocenters. The molecular formula is C22H25Cl2N5O4S2. The van der Waals surface area contributed by atoms with Gasteiger partial charge in [0.2, 0.25) is 0 Å². The molecule has 0 radical (unpaired) electrons. The van der Waals surface area contributed by atoms with E-state index in [0.717, 1.165) is 41.0 Å². The van der Waals surface area contributed by atoms with Gasteiger partial charge in [0.05, 0.1) is 29.3 Å². The first-order valence-electron chi connectivity index (χ1n) is 10.9. The summed E-state index contributed by atoms with van der Waals surface area (Å²) < 4.78 is 24.6. The molecule has 1 saturated heterocycles. The van der Waals surface area contributed by atoms with Gasteiger partial charge in [-0.25, -0.2) is 13.4 Å². The number of H-pyrrole nitrogens is 1. The van der Waals surface area contributed by atoms with E-state index in [1.807, 2.05) is 7.05 Å². The number of hydrogen-bond donors (Lipinski definition) is 3. The SMILES string of the molecule is CN1CCc2nc(C(=O)N[C@H]3CS(=O)(=O)CC[C@@H]3NC(=O)c3cc4cc(Cl)ccc4[nH]3)sc2C1.Cl. The van der Waals surface area contributed by atoms with Crippen molar-refractivity contribution in [1.82, 2.24) is 25.5 Å². The fraction of sp³-hybridized carbons (Fsp3) is 0.409. The predicted octanol–water partition coefficient (Wildman–Crippen LogP) is 2.40. The summed E-state index contributed by atoms with van der Waals surface area (Å²) in [6.45, 7) is 1.62. The Kier molecular flexibility index (Phi) is 7.44. The van der Waals surface area contributed by atoms with Crippen LogP contribution < -0.4 is 10.6 Å². The summed E-state index contributed by atoms with van der Waals surface area (Å²) in [6.07, 6.45) is 0.992. The highest BCUT2D eigenvalue weighted by Gasteiger charge is 2.36. The van der Waals surface area contributed by atoms with Crippen LogP contribution >= 0.6 is 35.3 Å². The first-order chi connectivity index (χ1) is 16.2. The third kappa shape index (κ3) is 5.64. The Labute approximate surface area is 218 Å². The van der Waals surface area contributed by atoms with Gasteiger partial charge in [-0.1, -0.05) is 11.6 Å². The molecule has 2 aliphatic rings. The third-order valence-corrected chi connectivity index (χ3v) is 9.28. The van der Waals surface area contributed by atoms with Crippen molar-refractivity contribution in [2.24, 2.45) is 0 Å². The van der Waals surface area contributed by atoms with Gasteiger partial charge in [-0.05, 0) is 37.7 Å². The molecule has 3 aromatic rings. The number of sulfone groups is 1. The van der Waals surface area contributed by atoms with Gasteiger partial charge in [-0.3, -0.25) is 9.59 Å². The fourth-order valence-corrected chi connectivity index (χ4v) is 7.33. The van der Waals surface area contributed by atoms with E-state index < -0.39 is 27.8 Å². The Morgan fingerprint density at radius 2 is 1.97 bits per heavy atom. The van der Waals surface area contributed by atoms with E-state index >= 15 is 0 Å². The van der Waals surface area contributed by atoms with Crippen molar-refractivity contribution in [2.75, 3.05) is 25.1 Å². The molecule has 1 fully saturated rings. The zero-order valence-corrected chi connectivity index (χ0v) is 22.0. The largest absolute Gasteiger partial charge is 0.351 e. The number of fused-ring (bicyclic) bond motifs is 2. The summed E-state index contributed by atoms with van der Waals surface area (Å²) in [4.78, 5) is 36.7. The van der Waals surface area contributed by atoms with E-state index in [0.29, 0.717) is 15.7 Å². The van der Waals surface area contributed by atoms with Crippen molar-refractivity contribution in [3.8, 4) is 0 Å². The number of benzene rings is 1. The second-order valence-corrected chi connectivity index (χ2v) is 12.6. The Balaban J connectivity index is 0.00000289. The Morgan fingerprint density at radius 1 is 1.20 bits per heavy atom. The monoisotopic (exact) mass is 557 g/mol. The van der Waals surface area contributed by atoms with Crippen LogP contribution in [-0.4, -0.2) is 72.3 Å². The molecule has 35 heavy (non-hydrogen) atoms. The fourth-order valence-electron chi connectivity index (χ4n) is 4.42. The molecule has 0 bridgehead atoms. The maximum atomic E-state index is 13.0. The number of nitrogens with one attached hydrogen (secondary N) is 3. The quantitative estimate of drug-likeness (QED) is 0.452. The summed E-state index contributed by atoms with van der Waals surface area (Å²) >= 11 is 7.36. The average Bonchev–Trinajstić information content (AvgIpc) is 3.38. The molecule has 0 aliphatic carbocycles. The number of amides is 2. The van der Waals surface area contributed by atoms with Crippen molar-refractivity contribution in [3.63, 3.8) is 0 Å². The minimum atomic E-state index is -3.34. The number of carbonyl (C=O) groups excluding carboxylic acids is 2. The van der Waals surface area contributed by atoms with Gasteiger partial charge in [-0.2, -0.15) is 0 Å². The first-order valence-corrected chi connectivity index (χ1v) is 14.0. The minimum absolute atomic E-state index is 0. The maximum Gasteiger partial charge on any atom is 0.280 e. The Bertz CT molecular complexity index is 1390. The third-order valence-electron chi connectivity index (χ3n) is 6.24. The lowest BCUT2D eigenvalue weighted by Gasteiger charge is -2.32. The predicted molar refractivity (Wildman–Crippen MR) is 138 cm³/mol. The van der Waals surface area contributed by atoms with Crippen LogP contribution in [0.25, 0.3) is 10.9 Å². The topological polar surface area (TPSA) is 124 Å². The molecule has 0 spiro atoms. The van der Waals surface area contributed by atoms with E-state index in [2.05, 4.69) is 25.5 Å². The molecule has 3 N–H and O–H groups in total. The second kappa shape index (κ2) is 10.1. The molecule has 1 aromatic carbocycles. The van der Waals surface area contributed by atoms with Gasteiger partial charge >= 0.3 is 0 Å². The number of carbonyl (C=O) groups is 2. The van der Waals surface area contributed by atoms with Crippen LogP contribution in [0, 0.1) is 0 Å². The molecule has 0 unspecified atom stereocenters. The summed E-state index contributed by atoms with van der Waals surface area (Å²) in [5, 5.41) is 7.41. The van der Waals surface area contributed by atoms with Gasteiger partial charge in [0.1, 0.15) is 5.69 Å². The molecular weight excluding hydrogens is 533 g/mol. The van der Waals surface area contributed by atoms with E-state index in [4.69, 9.17) is 11.6 Å². The van der Waals surface area contributed by atoms with E-state index in [-0.39, 0.29) is 36.2 Å². The standard InChI is InChI=1S/C22H24ClN5O4S2.ClH/c1-28-6-4-16-19(10-28)33-22(27-16)21(30)26-18-11-34(31,32)7-5-15(18)25-20(29)17-9-12-8-13(23)2-3-14(12)24-17;/h2-3,8-9,15,18,24H,4-7,10-11H2,1H3,(H,25,29)(H,26,30);1H/t15-,18-;/m0./s1. The lowest BCUT2D eigenvalue weighted by atomic mass is 10.1. The van der Waals surface area contributed by atoms with Crippen LogP contribution in [0.4, 0.5) is 0 Å². The second-order valence-electron chi connectivity index (χ2n) is 8.85. The van der Waals surface area contributed by atoms with Crippen LogP contribution in [0.3, 0.4) is 0 Å². The molecule has 5 rings (SSSR count). The molecule has 9 nitrogen and oxygen atoms in total. The zero-order valence-electron chi connectivity index (χ0n) is 18.8. The number of hydrogen-bond acceptors (Lipinski definition) is 7. The molecule has 2 amide bonds. The number of nitrogens with zero attached hydrogens (tertiary/aromatic N) is 2. The smallest absolute Gasteiger partial charge is 0.280 e. The molecule has 4 heterocycles. The van der Waals surface area contributed by atoms with Crippen molar-refractivity contribution in [2.45, 2.75) is 31.5 Å². The number of rotatable bonds is 4. The number of halogens is 2. The maximum absolute atomic E-state index is 13.0. The van der Waals surface area contributed by atoms with Crippen LogP contribution in [0.15, 0.2) is 24.3 Å². The molecule has 2 aliphatic heterocycles. The van der Waals surface area contributed by atoms with Crippen LogP contribution in [0.5, 0.6) is 0 Å². The number of aromatic nitrogens is 2. The number of thiazole rings is 1. The number of likely N-dealkylation sites (N-methyl/N-ethyl adjacent to an activating group) is 1. The highest BCUT2D eigenvalue weighted by Crippen LogP contribution is 2.25. The van der Waals surface area contributed by atoms with Crippen LogP contribution in [0.2, 0.25) is 5.02 Å². The van der Waals surface area contributed by atoms with Gasteiger partial charge in [0.15, 0.2) is 14.8 Å². The van der Waals surface area contributed by atoms with Crippen molar-refractivity contribution >= 4 is 67.9 Å². The van der Waals surface area contributed by atoms with Gasteiger partial charge in [0, 0.05) is 40.3 Å². The van der Waals surface area contributed by atoms with Gasteiger partial charge in [-0.15, -0.1) is 23.7 Å². The van der Waals surface area contributed by atoms with Gasteiger partial charge < -0.3 is 20.5 Å². The number of aromatic amines is 1. The zero-order chi connectivity index (χ0) is 24.0. The van der Waals surface area contributed by atoms with E-state index in [9.17, 15) is 18.0 Å². The van der Waals surface area contributed by atoms with Crippen molar-refractivity contribution in [1.29, 1.82) is 0 Å². The lowest BCUT2D eigenvalue weighted by molar-refractivity contribution is 0.0882. The van der Waals surface area contributed by atoms with Crippen LogP contribution in [0.1, 0.15) is 37.3 Å². The normalized spacial score (nSPS) is 21.7.